The lowest BCUT2D eigenvalue weighted by Gasteiger charge is -2.16. The van der Waals surface area contributed by atoms with Gasteiger partial charge in [0.15, 0.2) is 11.6 Å². The van der Waals surface area contributed by atoms with Crippen LogP contribution in [0, 0.1) is 11.7 Å². The quantitative estimate of drug-likeness (QED) is 0.785. The average molecular weight is 287 g/mol. The molecule has 0 aromatic heterocycles. The van der Waals surface area contributed by atoms with Crippen LogP contribution in [0.15, 0.2) is 18.2 Å². The second-order valence-electron chi connectivity index (χ2n) is 5.26. The van der Waals surface area contributed by atoms with Crippen LogP contribution in [0.4, 0.5) is 18.9 Å². The van der Waals surface area contributed by atoms with Gasteiger partial charge in [0.2, 0.25) is 0 Å². The van der Waals surface area contributed by atoms with Gasteiger partial charge >= 0.3 is 6.61 Å². The van der Waals surface area contributed by atoms with Crippen molar-refractivity contribution in [2.75, 3.05) is 11.9 Å². The van der Waals surface area contributed by atoms with Gasteiger partial charge in [-0.2, -0.15) is 8.78 Å². The zero-order valence-corrected chi connectivity index (χ0v) is 11.4. The molecule has 0 unspecified atom stereocenters. The van der Waals surface area contributed by atoms with Gasteiger partial charge in [-0.15, -0.1) is 0 Å². The van der Waals surface area contributed by atoms with Crippen LogP contribution < -0.4 is 10.1 Å². The number of hydrogen-bond donors (Lipinski definition) is 1. The Morgan fingerprint density at radius 1 is 1.15 bits per heavy atom. The van der Waals surface area contributed by atoms with Gasteiger partial charge in [-0.3, -0.25) is 0 Å². The molecule has 1 aromatic rings. The summed E-state index contributed by atoms with van der Waals surface area (Å²) in [5.41, 5.74) is 0.605. The van der Waals surface area contributed by atoms with Gasteiger partial charge in [0.25, 0.3) is 0 Å². The van der Waals surface area contributed by atoms with Gasteiger partial charge < -0.3 is 10.1 Å². The van der Waals surface area contributed by atoms with Gasteiger partial charge in [-0.25, -0.2) is 4.39 Å². The van der Waals surface area contributed by atoms with Crippen LogP contribution >= 0.6 is 0 Å². The number of anilines is 1. The number of rotatable bonds is 5. The summed E-state index contributed by atoms with van der Waals surface area (Å²) in [5.74, 6) is -0.575. The smallest absolute Gasteiger partial charge is 0.387 e. The lowest BCUT2D eigenvalue weighted by Crippen LogP contribution is -2.13. The normalized spacial score (nSPS) is 17.0. The van der Waals surface area contributed by atoms with Crippen LogP contribution in [0.1, 0.15) is 38.5 Å². The second-order valence-corrected chi connectivity index (χ2v) is 5.26. The molecule has 1 aromatic carbocycles. The molecule has 1 saturated carbocycles. The molecule has 20 heavy (non-hydrogen) atoms. The summed E-state index contributed by atoms with van der Waals surface area (Å²) in [6, 6.07) is 4.00. The van der Waals surface area contributed by atoms with Crippen molar-refractivity contribution >= 4 is 5.69 Å². The first-order chi connectivity index (χ1) is 9.65. The summed E-state index contributed by atoms with van der Waals surface area (Å²) >= 11 is 0. The van der Waals surface area contributed by atoms with Gasteiger partial charge in [0.1, 0.15) is 0 Å². The molecule has 0 bridgehead atoms. The van der Waals surface area contributed by atoms with E-state index in [1.807, 2.05) is 0 Å². The summed E-state index contributed by atoms with van der Waals surface area (Å²) in [5, 5.41) is 3.18. The van der Waals surface area contributed by atoms with Gasteiger partial charge in [-0.05, 0) is 30.9 Å². The zero-order chi connectivity index (χ0) is 14.4. The molecule has 0 atom stereocenters. The third-order valence-corrected chi connectivity index (χ3v) is 3.72. The fraction of sp³-hybridized carbons (Fsp3) is 0.600. The Kier molecular flexibility index (Phi) is 5.56. The molecule has 112 valence electrons. The van der Waals surface area contributed by atoms with Crippen molar-refractivity contribution in [3.8, 4) is 5.75 Å². The molecule has 2 rings (SSSR count). The highest BCUT2D eigenvalue weighted by atomic mass is 19.3. The van der Waals surface area contributed by atoms with Crippen molar-refractivity contribution in [3.05, 3.63) is 24.0 Å². The van der Waals surface area contributed by atoms with Crippen molar-refractivity contribution < 1.29 is 17.9 Å². The first kappa shape index (κ1) is 15.0. The molecule has 0 heterocycles. The molecule has 0 amide bonds. The Balaban J connectivity index is 1.87. The summed E-state index contributed by atoms with van der Waals surface area (Å²) in [4.78, 5) is 0. The minimum atomic E-state index is -3.01. The molecule has 1 N–H and O–H groups in total. The zero-order valence-electron chi connectivity index (χ0n) is 11.4. The van der Waals surface area contributed by atoms with Crippen molar-refractivity contribution in [2.45, 2.75) is 45.1 Å². The molecular formula is C15H20F3NO. The predicted octanol–water partition coefficient (Wildman–Crippen LogP) is 4.81. The van der Waals surface area contributed by atoms with E-state index in [0.29, 0.717) is 11.6 Å². The van der Waals surface area contributed by atoms with E-state index in [4.69, 9.17) is 0 Å². The Hall–Kier alpha value is -1.39. The summed E-state index contributed by atoms with van der Waals surface area (Å²) in [6.07, 6.45) is 7.49. The van der Waals surface area contributed by atoms with E-state index in [1.54, 1.807) is 6.07 Å². The predicted molar refractivity (Wildman–Crippen MR) is 72.7 cm³/mol. The lowest BCUT2D eigenvalue weighted by molar-refractivity contribution is -0.0521. The first-order valence-corrected chi connectivity index (χ1v) is 7.13. The Labute approximate surface area is 117 Å². The van der Waals surface area contributed by atoms with E-state index in [2.05, 4.69) is 10.1 Å². The van der Waals surface area contributed by atoms with E-state index in [9.17, 15) is 13.2 Å². The minimum absolute atomic E-state index is 0.417. The van der Waals surface area contributed by atoms with E-state index in [0.717, 1.165) is 6.54 Å². The Morgan fingerprint density at radius 3 is 2.45 bits per heavy atom. The Morgan fingerprint density at radius 2 is 1.85 bits per heavy atom. The second kappa shape index (κ2) is 7.41. The fourth-order valence-corrected chi connectivity index (χ4v) is 2.63. The van der Waals surface area contributed by atoms with Crippen molar-refractivity contribution in [1.29, 1.82) is 0 Å². The molecule has 1 aliphatic rings. The van der Waals surface area contributed by atoms with E-state index in [1.165, 1.54) is 50.7 Å². The first-order valence-electron chi connectivity index (χ1n) is 7.13. The maximum absolute atomic E-state index is 13.5. The highest BCUT2D eigenvalue weighted by molar-refractivity contribution is 5.47. The standard InChI is InChI=1S/C15H20F3NO/c16-13-9-12(7-8-14(13)20-15(17)18)19-10-11-5-3-1-2-4-6-11/h7-9,11,15,19H,1-6,10H2. The molecular weight excluding hydrogens is 267 g/mol. The molecule has 1 fully saturated rings. The van der Waals surface area contributed by atoms with E-state index < -0.39 is 18.2 Å². The lowest BCUT2D eigenvalue weighted by atomic mass is 10.0. The molecule has 5 heteroatoms. The van der Waals surface area contributed by atoms with Crippen molar-refractivity contribution in [2.24, 2.45) is 5.92 Å². The number of nitrogens with one attached hydrogen (secondary N) is 1. The van der Waals surface area contributed by atoms with Crippen LogP contribution in [0.2, 0.25) is 0 Å². The largest absolute Gasteiger partial charge is 0.432 e. The summed E-state index contributed by atoms with van der Waals surface area (Å²) in [6.45, 7) is -2.21. The molecule has 0 aliphatic heterocycles. The molecule has 2 nitrogen and oxygen atoms in total. The third-order valence-electron chi connectivity index (χ3n) is 3.72. The number of ether oxygens (including phenoxy) is 1. The number of hydrogen-bond acceptors (Lipinski definition) is 2. The molecule has 1 aliphatic carbocycles. The number of alkyl halides is 2. The van der Waals surface area contributed by atoms with E-state index >= 15 is 0 Å². The van der Waals surface area contributed by atoms with Gasteiger partial charge in [0.05, 0.1) is 0 Å². The Bertz CT molecular complexity index is 418. The molecule has 0 saturated heterocycles. The van der Waals surface area contributed by atoms with Crippen LogP contribution in [-0.2, 0) is 0 Å². The van der Waals surface area contributed by atoms with E-state index in [-0.39, 0.29) is 0 Å². The number of benzene rings is 1. The van der Waals surface area contributed by atoms with Crippen LogP contribution in [0.5, 0.6) is 5.75 Å². The summed E-state index contributed by atoms with van der Waals surface area (Å²) < 4.78 is 41.7. The van der Waals surface area contributed by atoms with Crippen LogP contribution in [0.3, 0.4) is 0 Å². The maximum atomic E-state index is 13.5. The minimum Gasteiger partial charge on any atom is -0.432 e. The fourth-order valence-electron chi connectivity index (χ4n) is 2.63. The van der Waals surface area contributed by atoms with Gasteiger partial charge in [-0.1, -0.05) is 25.7 Å². The monoisotopic (exact) mass is 287 g/mol. The number of halogens is 3. The van der Waals surface area contributed by atoms with Crippen LogP contribution in [-0.4, -0.2) is 13.2 Å². The van der Waals surface area contributed by atoms with Crippen molar-refractivity contribution in [3.63, 3.8) is 0 Å². The SMILES string of the molecule is Fc1cc(NCC2CCCCCC2)ccc1OC(F)F. The summed E-state index contributed by atoms with van der Waals surface area (Å²) in [7, 11) is 0. The third kappa shape index (κ3) is 4.62. The van der Waals surface area contributed by atoms with Crippen molar-refractivity contribution in [1.82, 2.24) is 0 Å². The highest BCUT2D eigenvalue weighted by Gasteiger charge is 2.13. The topological polar surface area (TPSA) is 21.3 Å². The van der Waals surface area contributed by atoms with Crippen LogP contribution in [0.25, 0.3) is 0 Å². The molecule has 0 spiro atoms. The van der Waals surface area contributed by atoms with Gasteiger partial charge in [0, 0.05) is 18.3 Å². The average Bonchev–Trinajstić information content (AvgIpc) is 2.67. The molecule has 0 radical (unpaired) electrons. The maximum Gasteiger partial charge on any atom is 0.387 e. The highest BCUT2D eigenvalue weighted by Crippen LogP contribution is 2.25.